The minimum absolute atomic E-state index is 0.576. The fraction of sp³-hybridized carbons (Fsp3) is 0.100. The Morgan fingerprint density at radius 1 is 1.46 bits per heavy atom. The van der Waals surface area contributed by atoms with Crippen molar-refractivity contribution in [3.05, 3.63) is 40.4 Å². The van der Waals surface area contributed by atoms with Crippen molar-refractivity contribution in [3.8, 4) is 6.07 Å². The summed E-state index contributed by atoms with van der Waals surface area (Å²) in [5.41, 5.74) is 1.68. The lowest BCUT2D eigenvalue weighted by molar-refractivity contribution is 1.47. The Bertz CT molecular complexity index is 348. The van der Waals surface area contributed by atoms with Crippen LogP contribution in [0.25, 0.3) is 6.08 Å². The van der Waals surface area contributed by atoms with Crippen molar-refractivity contribution in [1.82, 2.24) is 0 Å². The van der Waals surface area contributed by atoms with Gasteiger partial charge in [-0.25, -0.2) is 0 Å². The first-order chi connectivity index (χ1) is 6.26. The van der Waals surface area contributed by atoms with Gasteiger partial charge in [-0.15, -0.1) is 0 Å². The molecular weight excluding hydrogens is 249 g/mol. The quantitative estimate of drug-likeness (QED) is 0.585. The van der Waals surface area contributed by atoms with E-state index in [0.717, 1.165) is 5.56 Å². The fourth-order valence-electron chi connectivity index (χ4n) is 0.861. The molecule has 0 aliphatic rings. The van der Waals surface area contributed by atoms with Gasteiger partial charge in [0.2, 0.25) is 0 Å². The second-order valence-corrected chi connectivity index (χ2v) is 3.46. The van der Waals surface area contributed by atoms with Crippen molar-refractivity contribution in [2.75, 3.05) is 5.33 Å². The Labute approximate surface area is 90.8 Å². The summed E-state index contributed by atoms with van der Waals surface area (Å²) in [6.45, 7) is 0. The number of nitriles is 1. The van der Waals surface area contributed by atoms with Crippen molar-refractivity contribution in [2.24, 2.45) is 0 Å². The summed E-state index contributed by atoms with van der Waals surface area (Å²) in [7, 11) is 0. The van der Waals surface area contributed by atoms with E-state index >= 15 is 0 Å². The molecule has 0 fully saturated rings. The molecule has 0 aliphatic heterocycles. The summed E-state index contributed by atoms with van der Waals surface area (Å²) >= 11 is 8.95. The van der Waals surface area contributed by atoms with Crippen LogP contribution in [0.1, 0.15) is 5.56 Å². The number of rotatable bonds is 2. The van der Waals surface area contributed by atoms with Gasteiger partial charge in [0.15, 0.2) is 0 Å². The van der Waals surface area contributed by atoms with Gasteiger partial charge >= 0.3 is 0 Å². The van der Waals surface area contributed by atoms with Gasteiger partial charge in [0, 0.05) is 15.9 Å². The Morgan fingerprint density at radius 2 is 2.08 bits per heavy atom. The van der Waals surface area contributed by atoms with Crippen LogP contribution in [0, 0.1) is 11.3 Å². The molecule has 0 amide bonds. The van der Waals surface area contributed by atoms with Crippen LogP contribution >= 0.6 is 27.5 Å². The second-order valence-electron chi connectivity index (χ2n) is 2.47. The molecule has 0 bridgehead atoms. The molecule has 0 saturated carbocycles. The molecule has 0 aliphatic carbocycles. The van der Waals surface area contributed by atoms with Gasteiger partial charge in [-0.1, -0.05) is 39.7 Å². The highest BCUT2D eigenvalue weighted by Gasteiger charge is 1.93. The lowest BCUT2D eigenvalue weighted by atomic mass is 10.1. The minimum atomic E-state index is 0.576. The van der Waals surface area contributed by atoms with E-state index in [9.17, 15) is 0 Å². The number of allylic oxidation sites excluding steroid dienone is 1. The molecule has 1 rings (SSSR count). The number of benzene rings is 1. The lowest BCUT2D eigenvalue weighted by Gasteiger charge is -1.94. The lowest BCUT2D eigenvalue weighted by Crippen LogP contribution is -1.79. The largest absolute Gasteiger partial charge is 0.193 e. The van der Waals surface area contributed by atoms with E-state index in [0.29, 0.717) is 15.9 Å². The molecule has 0 atom stereocenters. The number of hydrogen-bond acceptors (Lipinski definition) is 1. The number of halogens is 2. The van der Waals surface area contributed by atoms with Crippen molar-refractivity contribution in [3.63, 3.8) is 0 Å². The molecule has 1 aromatic rings. The zero-order valence-electron chi connectivity index (χ0n) is 6.80. The molecule has 0 N–H and O–H groups in total. The maximum Gasteiger partial charge on any atom is 0.0956 e. The van der Waals surface area contributed by atoms with Gasteiger partial charge in [-0.3, -0.25) is 0 Å². The molecule has 0 unspecified atom stereocenters. The van der Waals surface area contributed by atoms with E-state index in [-0.39, 0.29) is 0 Å². The molecule has 0 radical (unpaired) electrons. The van der Waals surface area contributed by atoms with Gasteiger partial charge in [0.1, 0.15) is 0 Å². The number of alkyl halides is 1. The molecule has 66 valence electrons. The van der Waals surface area contributed by atoms with Gasteiger partial charge in [-0.05, 0) is 23.8 Å². The van der Waals surface area contributed by atoms with E-state index in [4.69, 9.17) is 16.9 Å². The average Bonchev–Trinajstić information content (AvgIpc) is 2.17. The van der Waals surface area contributed by atoms with Gasteiger partial charge in [-0.2, -0.15) is 5.26 Å². The van der Waals surface area contributed by atoms with E-state index < -0.39 is 0 Å². The van der Waals surface area contributed by atoms with Crippen LogP contribution in [0.15, 0.2) is 29.8 Å². The van der Waals surface area contributed by atoms with Crippen LogP contribution in [0.3, 0.4) is 0 Å². The van der Waals surface area contributed by atoms with E-state index in [2.05, 4.69) is 22.0 Å². The van der Waals surface area contributed by atoms with Gasteiger partial charge in [0.25, 0.3) is 0 Å². The molecule has 0 heterocycles. The predicted molar refractivity (Wildman–Crippen MR) is 58.8 cm³/mol. The smallest absolute Gasteiger partial charge is 0.0956 e. The van der Waals surface area contributed by atoms with Crippen molar-refractivity contribution < 1.29 is 0 Å². The molecule has 0 spiro atoms. The maximum absolute atomic E-state index is 8.67. The summed E-state index contributed by atoms with van der Waals surface area (Å²) in [5, 5.41) is 9.95. The van der Waals surface area contributed by atoms with Crippen LogP contribution in [-0.2, 0) is 0 Å². The first-order valence-electron chi connectivity index (χ1n) is 3.68. The molecule has 0 saturated heterocycles. The third kappa shape index (κ3) is 3.22. The van der Waals surface area contributed by atoms with Crippen LogP contribution in [0.2, 0.25) is 5.02 Å². The van der Waals surface area contributed by atoms with E-state index in [1.165, 1.54) is 0 Å². The highest BCUT2D eigenvalue weighted by Crippen LogP contribution is 2.12. The third-order valence-electron chi connectivity index (χ3n) is 1.50. The number of hydrogen-bond donors (Lipinski definition) is 0. The first kappa shape index (κ1) is 10.3. The molecular formula is C10H7BrClN. The SMILES string of the molecule is N#C/C(=C/c1ccc(Cl)cc1)CBr. The standard InChI is InChI=1S/C10H7BrClN/c11-6-9(7-13)5-8-1-3-10(12)4-2-8/h1-5H,6H2/b9-5+. The topological polar surface area (TPSA) is 23.8 Å². The van der Waals surface area contributed by atoms with Crippen LogP contribution in [-0.4, -0.2) is 5.33 Å². The Balaban J connectivity index is 2.92. The van der Waals surface area contributed by atoms with E-state index in [1.807, 2.05) is 18.2 Å². The Morgan fingerprint density at radius 3 is 2.54 bits per heavy atom. The fourth-order valence-corrected chi connectivity index (χ4v) is 1.27. The van der Waals surface area contributed by atoms with Crippen LogP contribution in [0.4, 0.5) is 0 Å². The van der Waals surface area contributed by atoms with Crippen molar-refractivity contribution in [2.45, 2.75) is 0 Å². The molecule has 1 aromatic carbocycles. The average molecular weight is 257 g/mol. The van der Waals surface area contributed by atoms with Crippen molar-refractivity contribution in [1.29, 1.82) is 5.26 Å². The third-order valence-corrected chi connectivity index (χ3v) is 2.35. The molecule has 3 heteroatoms. The van der Waals surface area contributed by atoms with E-state index in [1.54, 1.807) is 12.1 Å². The second kappa shape index (κ2) is 5.06. The number of nitrogens with zero attached hydrogens (tertiary/aromatic N) is 1. The Kier molecular flexibility index (Phi) is 4.01. The van der Waals surface area contributed by atoms with Crippen LogP contribution < -0.4 is 0 Å². The predicted octanol–water partition coefficient (Wildman–Crippen LogP) is 3.64. The summed E-state index contributed by atoms with van der Waals surface area (Å²) < 4.78 is 0. The Hall–Kier alpha value is -0.780. The molecule has 0 aromatic heterocycles. The summed E-state index contributed by atoms with van der Waals surface area (Å²) in [6, 6.07) is 9.46. The monoisotopic (exact) mass is 255 g/mol. The minimum Gasteiger partial charge on any atom is -0.193 e. The summed E-state index contributed by atoms with van der Waals surface area (Å²) in [6.07, 6.45) is 1.82. The summed E-state index contributed by atoms with van der Waals surface area (Å²) in [4.78, 5) is 0. The summed E-state index contributed by atoms with van der Waals surface area (Å²) in [5.74, 6) is 0. The zero-order chi connectivity index (χ0) is 9.68. The first-order valence-corrected chi connectivity index (χ1v) is 5.18. The van der Waals surface area contributed by atoms with Crippen molar-refractivity contribution >= 4 is 33.6 Å². The molecule has 13 heavy (non-hydrogen) atoms. The highest BCUT2D eigenvalue weighted by atomic mass is 79.9. The zero-order valence-corrected chi connectivity index (χ0v) is 9.14. The normalized spacial score (nSPS) is 11.0. The van der Waals surface area contributed by atoms with Gasteiger partial charge < -0.3 is 0 Å². The maximum atomic E-state index is 8.67. The molecule has 1 nitrogen and oxygen atoms in total. The van der Waals surface area contributed by atoms with Gasteiger partial charge in [0.05, 0.1) is 6.07 Å². The highest BCUT2D eigenvalue weighted by molar-refractivity contribution is 9.09. The van der Waals surface area contributed by atoms with Crippen LogP contribution in [0.5, 0.6) is 0 Å².